The van der Waals surface area contributed by atoms with Gasteiger partial charge in [0.2, 0.25) is 0 Å². The molecular weight excluding hydrogens is 533 g/mol. The SMILES string of the molecule is Cc1cccc(-c2sc(C)nc2C(=O)N2C[C@H]3CC3[C@H]2CNC(=O)c2cccc(I)c2)c1. The van der Waals surface area contributed by atoms with Gasteiger partial charge in [-0.05, 0) is 78.5 Å². The largest absolute Gasteiger partial charge is 0.350 e. The van der Waals surface area contributed by atoms with E-state index >= 15 is 0 Å². The number of benzene rings is 2. The number of fused-ring (bicyclic) bond motifs is 1. The van der Waals surface area contributed by atoms with E-state index in [4.69, 9.17) is 0 Å². The lowest BCUT2D eigenvalue weighted by molar-refractivity contribution is 0.0690. The number of carbonyl (C=O) groups excluding carboxylic acids is 2. The predicted octanol–water partition coefficient (Wildman–Crippen LogP) is 4.92. The number of amides is 2. The molecule has 5 rings (SSSR count). The topological polar surface area (TPSA) is 62.3 Å². The molecule has 2 heterocycles. The number of hydrogen-bond donors (Lipinski definition) is 1. The molecule has 1 saturated heterocycles. The Morgan fingerprint density at radius 3 is 2.78 bits per heavy atom. The summed E-state index contributed by atoms with van der Waals surface area (Å²) in [6, 6.07) is 15.8. The molecule has 2 aliphatic rings. The summed E-state index contributed by atoms with van der Waals surface area (Å²) in [5.74, 6) is 0.898. The van der Waals surface area contributed by atoms with Crippen molar-refractivity contribution < 1.29 is 9.59 Å². The second kappa shape index (κ2) is 8.59. The summed E-state index contributed by atoms with van der Waals surface area (Å²) in [5, 5.41) is 3.95. The molecule has 0 radical (unpaired) electrons. The molecule has 1 saturated carbocycles. The quantitative estimate of drug-likeness (QED) is 0.453. The zero-order valence-corrected chi connectivity index (χ0v) is 20.9. The Bertz CT molecular complexity index is 1210. The summed E-state index contributed by atoms with van der Waals surface area (Å²) in [6.07, 6.45) is 1.13. The van der Waals surface area contributed by atoms with Crippen molar-refractivity contribution in [3.8, 4) is 10.4 Å². The maximum absolute atomic E-state index is 13.6. The molecule has 1 aromatic heterocycles. The molecule has 32 heavy (non-hydrogen) atoms. The first-order valence-electron chi connectivity index (χ1n) is 10.8. The fourth-order valence-corrected chi connectivity index (χ4v) is 6.14. The number of rotatable bonds is 5. The van der Waals surface area contributed by atoms with Crippen LogP contribution in [-0.4, -0.2) is 40.8 Å². The average Bonchev–Trinajstić information content (AvgIpc) is 3.28. The van der Waals surface area contributed by atoms with Crippen LogP contribution in [0.4, 0.5) is 0 Å². The molecule has 1 aliphatic carbocycles. The monoisotopic (exact) mass is 557 g/mol. The summed E-state index contributed by atoms with van der Waals surface area (Å²) in [7, 11) is 0. The van der Waals surface area contributed by atoms with Crippen LogP contribution in [-0.2, 0) is 0 Å². The fraction of sp³-hybridized carbons (Fsp3) is 0.320. The molecular formula is C25H24IN3O2S. The summed E-state index contributed by atoms with van der Waals surface area (Å²) >= 11 is 3.77. The lowest BCUT2D eigenvalue weighted by atomic mass is 10.1. The smallest absolute Gasteiger partial charge is 0.274 e. The van der Waals surface area contributed by atoms with Gasteiger partial charge >= 0.3 is 0 Å². The molecule has 0 bridgehead atoms. The third-order valence-corrected chi connectivity index (χ3v) is 8.03. The van der Waals surface area contributed by atoms with Gasteiger partial charge in [0.1, 0.15) is 5.69 Å². The highest BCUT2D eigenvalue weighted by molar-refractivity contribution is 14.1. The minimum Gasteiger partial charge on any atom is -0.350 e. The third-order valence-electron chi connectivity index (χ3n) is 6.34. The Kier molecular flexibility index (Phi) is 5.79. The standard InChI is InChI=1S/C25H24IN3O2S/c1-14-5-3-6-16(9-14)23-22(28-15(2)32-23)25(31)29-13-18-11-20(18)21(29)12-27-24(30)17-7-4-8-19(26)10-17/h3-10,18,20-21H,11-13H2,1-2H3,(H,27,30)/t18-,20?,21-/m1/s1. The van der Waals surface area contributed by atoms with Crippen molar-refractivity contribution in [3.63, 3.8) is 0 Å². The molecule has 2 amide bonds. The maximum Gasteiger partial charge on any atom is 0.274 e. The van der Waals surface area contributed by atoms with Crippen molar-refractivity contribution in [1.82, 2.24) is 15.2 Å². The van der Waals surface area contributed by atoms with Crippen LogP contribution in [0.1, 0.15) is 37.8 Å². The van der Waals surface area contributed by atoms with E-state index in [1.165, 1.54) is 0 Å². The van der Waals surface area contributed by atoms with Crippen LogP contribution in [0.3, 0.4) is 0 Å². The van der Waals surface area contributed by atoms with E-state index in [-0.39, 0.29) is 17.9 Å². The summed E-state index contributed by atoms with van der Waals surface area (Å²) in [5.41, 5.74) is 3.38. The number of likely N-dealkylation sites (tertiary alicyclic amines) is 1. The number of carbonyl (C=O) groups is 2. The van der Waals surface area contributed by atoms with Crippen LogP contribution < -0.4 is 5.32 Å². The van der Waals surface area contributed by atoms with Gasteiger partial charge in [-0.25, -0.2) is 4.98 Å². The molecule has 0 spiro atoms. The van der Waals surface area contributed by atoms with Gasteiger partial charge in [0, 0.05) is 22.2 Å². The molecule has 2 aromatic carbocycles. The first-order valence-corrected chi connectivity index (χ1v) is 12.7. The van der Waals surface area contributed by atoms with Gasteiger partial charge in [-0.1, -0.05) is 35.9 Å². The number of hydrogen-bond acceptors (Lipinski definition) is 4. The van der Waals surface area contributed by atoms with Crippen molar-refractivity contribution in [2.24, 2.45) is 11.8 Å². The molecule has 2 fully saturated rings. The number of halogens is 1. The third kappa shape index (κ3) is 4.20. The summed E-state index contributed by atoms with van der Waals surface area (Å²) < 4.78 is 1.03. The minimum atomic E-state index is -0.0926. The van der Waals surface area contributed by atoms with E-state index in [0.717, 1.165) is 37.5 Å². The fourth-order valence-electron chi connectivity index (χ4n) is 4.69. The Hall–Kier alpha value is -2.26. The van der Waals surface area contributed by atoms with E-state index < -0.39 is 0 Å². The Labute approximate surface area is 205 Å². The molecule has 1 aliphatic heterocycles. The van der Waals surface area contributed by atoms with E-state index in [9.17, 15) is 9.59 Å². The van der Waals surface area contributed by atoms with E-state index in [1.54, 1.807) is 11.3 Å². The van der Waals surface area contributed by atoms with Gasteiger partial charge in [-0.15, -0.1) is 11.3 Å². The van der Waals surface area contributed by atoms with Gasteiger partial charge in [0.25, 0.3) is 11.8 Å². The van der Waals surface area contributed by atoms with Crippen LogP contribution >= 0.6 is 33.9 Å². The van der Waals surface area contributed by atoms with Crippen molar-refractivity contribution in [2.75, 3.05) is 13.1 Å². The van der Waals surface area contributed by atoms with E-state index in [1.807, 2.05) is 48.2 Å². The number of thiazole rings is 1. The number of piperidine rings is 1. The van der Waals surface area contributed by atoms with Crippen molar-refractivity contribution in [2.45, 2.75) is 26.3 Å². The number of aromatic nitrogens is 1. The first-order chi connectivity index (χ1) is 15.4. The lowest BCUT2D eigenvalue weighted by Crippen LogP contribution is -2.45. The first kappa shape index (κ1) is 21.6. The molecule has 3 aromatic rings. The Balaban J connectivity index is 1.36. The van der Waals surface area contributed by atoms with Crippen molar-refractivity contribution in [3.05, 3.63) is 73.9 Å². The van der Waals surface area contributed by atoms with Gasteiger partial charge in [-0.3, -0.25) is 9.59 Å². The molecule has 1 unspecified atom stereocenters. The normalized spacial score (nSPS) is 21.3. The predicted molar refractivity (Wildman–Crippen MR) is 135 cm³/mol. The number of nitrogens with zero attached hydrogens (tertiary/aromatic N) is 2. The van der Waals surface area contributed by atoms with Crippen LogP contribution in [0.5, 0.6) is 0 Å². The zero-order chi connectivity index (χ0) is 22.4. The van der Waals surface area contributed by atoms with Crippen LogP contribution in [0, 0.1) is 29.3 Å². The maximum atomic E-state index is 13.6. The summed E-state index contributed by atoms with van der Waals surface area (Å²) in [4.78, 5) is 33.8. The summed E-state index contributed by atoms with van der Waals surface area (Å²) in [6.45, 7) is 5.22. The van der Waals surface area contributed by atoms with Crippen LogP contribution in [0.15, 0.2) is 48.5 Å². The van der Waals surface area contributed by atoms with Crippen molar-refractivity contribution in [1.29, 1.82) is 0 Å². The molecule has 1 N–H and O–H groups in total. The average molecular weight is 557 g/mol. The zero-order valence-electron chi connectivity index (χ0n) is 18.0. The molecule has 164 valence electrons. The minimum absolute atomic E-state index is 0.0200. The van der Waals surface area contributed by atoms with E-state index in [2.05, 4.69) is 51.9 Å². The second-order valence-corrected chi connectivity index (χ2v) is 11.1. The highest BCUT2D eigenvalue weighted by Crippen LogP contribution is 2.50. The van der Waals surface area contributed by atoms with Gasteiger partial charge in [0.05, 0.1) is 15.9 Å². The van der Waals surface area contributed by atoms with Gasteiger partial charge < -0.3 is 10.2 Å². The Morgan fingerprint density at radius 2 is 2.00 bits per heavy atom. The lowest BCUT2D eigenvalue weighted by Gasteiger charge is -2.27. The van der Waals surface area contributed by atoms with Crippen molar-refractivity contribution >= 4 is 45.7 Å². The molecule has 3 atom stereocenters. The molecule has 5 nitrogen and oxygen atoms in total. The highest BCUT2D eigenvalue weighted by Gasteiger charge is 2.54. The van der Waals surface area contributed by atoms with Crippen LogP contribution in [0.2, 0.25) is 0 Å². The Morgan fingerprint density at radius 1 is 1.19 bits per heavy atom. The molecule has 7 heteroatoms. The van der Waals surface area contributed by atoms with E-state index in [0.29, 0.717) is 29.6 Å². The van der Waals surface area contributed by atoms with Gasteiger partial charge in [0.15, 0.2) is 0 Å². The second-order valence-electron chi connectivity index (χ2n) is 8.68. The van der Waals surface area contributed by atoms with Crippen LogP contribution in [0.25, 0.3) is 10.4 Å². The number of nitrogens with one attached hydrogen (secondary N) is 1. The highest BCUT2D eigenvalue weighted by atomic mass is 127. The van der Waals surface area contributed by atoms with Gasteiger partial charge in [-0.2, -0.15) is 0 Å². The number of aryl methyl sites for hydroxylation is 2.